The van der Waals surface area contributed by atoms with Crippen molar-refractivity contribution in [1.82, 2.24) is 14.9 Å². The fourth-order valence-electron chi connectivity index (χ4n) is 3.39. The Balaban J connectivity index is 1.38. The van der Waals surface area contributed by atoms with Gasteiger partial charge in [0.05, 0.1) is 18.9 Å². The van der Waals surface area contributed by atoms with Gasteiger partial charge >= 0.3 is 0 Å². The number of hydrogen-bond donors (Lipinski definition) is 2. The number of hydrogen-bond acceptors (Lipinski definition) is 6. The zero-order chi connectivity index (χ0) is 17.8. The van der Waals surface area contributed by atoms with Gasteiger partial charge in [-0.2, -0.15) is 0 Å². The molecule has 2 N–H and O–H groups in total. The third kappa shape index (κ3) is 3.89. The van der Waals surface area contributed by atoms with Crippen LogP contribution in [0.3, 0.4) is 0 Å². The van der Waals surface area contributed by atoms with Gasteiger partial charge in [-0.15, -0.1) is 0 Å². The molecule has 0 spiro atoms. The van der Waals surface area contributed by atoms with Crippen molar-refractivity contribution in [2.75, 3.05) is 44.7 Å². The number of fused-ring (bicyclic) bond motifs is 2. The highest BCUT2D eigenvalue weighted by molar-refractivity contribution is 5.41. The largest absolute Gasteiger partial charge is 0.487 e. The number of ether oxygens (including phenoxy) is 2. The summed E-state index contributed by atoms with van der Waals surface area (Å²) in [6, 6.07) is 7.81. The van der Waals surface area contributed by atoms with E-state index in [-0.39, 0.29) is 5.56 Å². The molecule has 2 aliphatic heterocycles. The molecule has 4 rings (SSSR count). The third-order valence-electron chi connectivity index (χ3n) is 4.85. The van der Waals surface area contributed by atoms with E-state index in [9.17, 15) is 4.79 Å². The molecule has 0 amide bonds. The molecular weight excluding hydrogens is 332 g/mol. The Hall–Kier alpha value is -2.38. The molecule has 0 aliphatic carbocycles. The van der Waals surface area contributed by atoms with Gasteiger partial charge in [0.1, 0.15) is 12.4 Å². The number of morpholine rings is 1. The van der Waals surface area contributed by atoms with Gasteiger partial charge in [-0.25, -0.2) is 4.98 Å². The standard InChI is InChI=1S/C19H24N4O3/c24-18-15-12-14-4-1-2-5-17(14)26-13-16(15)21-19(22-18)20-6-3-7-23-8-10-25-11-9-23/h1-2,4-5H,3,6-13H2,(H2,20,21,22,24). The van der Waals surface area contributed by atoms with Crippen molar-refractivity contribution in [3.63, 3.8) is 0 Å². The quantitative estimate of drug-likeness (QED) is 0.788. The van der Waals surface area contributed by atoms with Crippen LogP contribution in [0.4, 0.5) is 5.95 Å². The molecule has 0 atom stereocenters. The van der Waals surface area contributed by atoms with E-state index >= 15 is 0 Å². The Bertz CT molecular complexity index is 815. The summed E-state index contributed by atoms with van der Waals surface area (Å²) in [7, 11) is 0. The molecule has 138 valence electrons. The highest BCUT2D eigenvalue weighted by atomic mass is 16.5. The summed E-state index contributed by atoms with van der Waals surface area (Å²) >= 11 is 0. The molecule has 0 bridgehead atoms. The average Bonchev–Trinajstić information content (AvgIpc) is 2.86. The Morgan fingerprint density at radius 2 is 2.08 bits per heavy atom. The first-order chi connectivity index (χ1) is 12.8. The number of benzene rings is 1. The molecule has 2 aliphatic rings. The molecule has 1 saturated heterocycles. The maximum atomic E-state index is 12.5. The third-order valence-corrected chi connectivity index (χ3v) is 4.85. The van der Waals surface area contributed by atoms with Crippen molar-refractivity contribution in [2.45, 2.75) is 19.4 Å². The number of nitrogens with one attached hydrogen (secondary N) is 2. The minimum Gasteiger partial charge on any atom is -0.487 e. The van der Waals surface area contributed by atoms with Crippen molar-refractivity contribution in [3.8, 4) is 5.75 Å². The average molecular weight is 356 g/mol. The van der Waals surface area contributed by atoms with E-state index in [2.05, 4.69) is 20.2 Å². The van der Waals surface area contributed by atoms with E-state index in [1.54, 1.807) is 0 Å². The lowest BCUT2D eigenvalue weighted by molar-refractivity contribution is 0.0378. The monoisotopic (exact) mass is 356 g/mol. The number of aromatic amines is 1. The smallest absolute Gasteiger partial charge is 0.256 e. The number of rotatable bonds is 5. The van der Waals surface area contributed by atoms with Crippen LogP contribution in [0.2, 0.25) is 0 Å². The SMILES string of the molecule is O=c1[nH]c(NCCCN2CCOCC2)nc2c1Cc1ccccc1OC2. The molecular formula is C19H24N4O3. The molecule has 1 fully saturated rings. The Morgan fingerprint density at radius 3 is 2.96 bits per heavy atom. The summed E-state index contributed by atoms with van der Waals surface area (Å²) in [6.45, 7) is 5.71. The topological polar surface area (TPSA) is 79.5 Å². The normalized spacial score (nSPS) is 16.9. The van der Waals surface area contributed by atoms with Gasteiger partial charge in [0, 0.05) is 31.6 Å². The van der Waals surface area contributed by atoms with Crippen LogP contribution in [-0.4, -0.2) is 54.3 Å². The van der Waals surface area contributed by atoms with Crippen LogP contribution in [-0.2, 0) is 17.8 Å². The fourth-order valence-corrected chi connectivity index (χ4v) is 3.39. The molecule has 7 nitrogen and oxygen atoms in total. The number of aromatic nitrogens is 2. The molecule has 0 unspecified atom stereocenters. The summed E-state index contributed by atoms with van der Waals surface area (Å²) < 4.78 is 11.2. The van der Waals surface area contributed by atoms with Crippen molar-refractivity contribution in [2.24, 2.45) is 0 Å². The lowest BCUT2D eigenvalue weighted by Gasteiger charge is -2.26. The summed E-state index contributed by atoms with van der Waals surface area (Å²) in [5.74, 6) is 1.34. The second-order valence-electron chi connectivity index (χ2n) is 6.65. The summed E-state index contributed by atoms with van der Waals surface area (Å²) in [4.78, 5) is 22.3. The number of anilines is 1. The van der Waals surface area contributed by atoms with Crippen LogP contribution in [0.25, 0.3) is 0 Å². The highest BCUT2D eigenvalue weighted by Crippen LogP contribution is 2.25. The lowest BCUT2D eigenvalue weighted by Crippen LogP contribution is -2.37. The van der Waals surface area contributed by atoms with Gasteiger partial charge in [-0.05, 0) is 24.6 Å². The predicted molar refractivity (Wildman–Crippen MR) is 98.8 cm³/mol. The Morgan fingerprint density at radius 1 is 1.23 bits per heavy atom. The summed E-state index contributed by atoms with van der Waals surface area (Å²) in [5.41, 5.74) is 2.32. The first-order valence-corrected chi connectivity index (χ1v) is 9.16. The number of para-hydroxylation sites is 1. The van der Waals surface area contributed by atoms with E-state index < -0.39 is 0 Å². The first kappa shape index (κ1) is 17.1. The second-order valence-corrected chi connectivity index (χ2v) is 6.65. The zero-order valence-corrected chi connectivity index (χ0v) is 14.8. The molecule has 7 heteroatoms. The molecule has 26 heavy (non-hydrogen) atoms. The minimum atomic E-state index is -0.0917. The maximum Gasteiger partial charge on any atom is 0.256 e. The fraction of sp³-hybridized carbons (Fsp3) is 0.474. The highest BCUT2D eigenvalue weighted by Gasteiger charge is 2.19. The van der Waals surface area contributed by atoms with Gasteiger partial charge in [0.25, 0.3) is 5.56 Å². The van der Waals surface area contributed by atoms with Gasteiger partial charge in [-0.1, -0.05) is 18.2 Å². The number of H-pyrrole nitrogens is 1. The van der Waals surface area contributed by atoms with E-state index in [4.69, 9.17) is 9.47 Å². The van der Waals surface area contributed by atoms with E-state index in [1.807, 2.05) is 24.3 Å². The molecule has 3 heterocycles. The summed E-state index contributed by atoms with van der Waals surface area (Å²) in [6.07, 6.45) is 1.54. The second kappa shape index (κ2) is 7.88. The maximum absolute atomic E-state index is 12.5. The van der Waals surface area contributed by atoms with Gasteiger partial charge in [0.15, 0.2) is 0 Å². The van der Waals surface area contributed by atoms with Crippen LogP contribution in [0.1, 0.15) is 23.2 Å². The van der Waals surface area contributed by atoms with Crippen molar-refractivity contribution in [1.29, 1.82) is 0 Å². The number of nitrogens with zero attached hydrogens (tertiary/aromatic N) is 2. The van der Waals surface area contributed by atoms with E-state index in [0.29, 0.717) is 30.2 Å². The Labute approximate surface area is 152 Å². The summed E-state index contributed by atoms with van der Waals surface area (Å²) in [5, 5.41) is 3.24. The molecule has 0 radical (unpaired) electrons. The molecule has 1 aromatic heterocycles. The zero-order valence-electron chi connectivity index (χ0n) is 14.8. The molecule has 0 saturated carbocycles. The van der Waals surface area contributed by atoms with Gasteiger partial charge < -0.3 is 14.8 Å². The van der Waals surface area contributed by atoms with Crippen molar-refractivity contribution < 1.29 is 9.47 Å². The lowest BCUT2D eigenvalue weighted by atomic mass is 10.1. The van der Waals surface area contributed by atoms with Crippen molar-refractivity contribution >= 4 is 5.95 Å². The first-order valence-electron chi connectivity index (χ1n) is 9.16. The van der Waals surface area contributed by atoms with Crippen LogP contribution in [0.5, 0.6) is 5.75 Å². The van der Waals surface area contributed by atoms with Gasteiger partial charge in [0.2, 0.25) is 5.95 Å². The minimum absolute atomic E-state index is 0.0917. The molecule has 1 aromatic carbocycles. The predicted octanol–water partition coefficient (Wildman–Crippen LogP) is 1.39. The van der Waals surface area contributed by atoms with Crippen molar-refractivity contribution in [3.05, 3.63) is 51.4 Å². The van der Waals surface area contributed by atoms with Crippen LogP contribution in [0.15, 0.2) is 29.1 Å². The van der Waals surface area contributed by atoms with Crippen LogP contribution >= 0.6 is 0 Å². The van der Waals surface area contributed by atoms with Gasteiger partial charge in [-0.3, -0.25) is 14.7 Å². The van der Waals surface area contributed by atoms with Crippen LogP contribution in [0, 0.1) is 0 Å². The van der Waals surface area contributed by atoms with Crippen LogP contribution < -0.4 is 15.6 Å². The Kier molecular flexibility index (Phi) is 5.17. The van der Waals surface area contributed by atoms with E-state index in [1.165, 1.54) is 0 Å². The molecule has 2 aromatic rings. The van der Waals surface area contributed by atoms with E-state index in [0.717, 1.165) is 57.1 Å².